The van der Waals surface area contributed by atoms with Gasteiger partial charge in [0.05, 0.1) is 0 Å². The van der Waals surface area contributed by atoms with Crippen LogP contribution in [0.25, 0.3) is 0 Å². The van der Waals surface area contributed by atoms with E-state index in [0.29, 0.717) is 47.1 Å². The van der Waals surface area contributed by atoms with Crippen molar-refractivity contribution in [3.05, 3.63) is 169 Å². The number of nitrogens with one attached hydrogen (secondary N) is 2. The quantitative estimate of drug-likeness (QED) is 0.135. The van der Waals surface area contributed by atoms with Crippen LogP contribution in [0.15, 0.2) is 158 Å². The van der Waals surface area contributed by atoms with E-state index in [1.807, 2.05) is 0 Å². The molecular formula is C41H28F6N2O6. The summed E-state index contributed by atoms with van der Waals surface area (Å²) in [6, 6.07) is 35.2. The van der Waals surface area contributed by atoms with Crippen molar-refractivity contribution >= 4 is 23.6 Å². The average Bonchev–Trinajstić information content (AvgIpc) is 3.14. The van der Waals surface area contributed by atoms with E-state index in [0.717, 1.165) is 24.3 Å². The Morgan fingerprint density at radius 3 is 0.964 bits per heavy atom. The van der Waals surface area contributed by atoms with Gasteiger partial charge >= 0.3 is 24.5 Å². The molecule has 0 bridgehead atoms. The van der Waals surface area contributed by atoms with Gasteiger partial charge in [0.15, 0.2) is 0 Å². The van der Waals surface area contributed by atoms with E-state index >= 15 is 0 Å². The lowest BCUT2D eigenvalue weighted by Gasteiger charge is -2.38. The van der Waals surface area contributed by atoms with Crippen LogP contribution in [0, 0.1) is 0 Å². The lowest BCUT2D eigenvalue weighted by molar-refractivity contribution is -0.288. The second-order valence-electron chi connectivity index (χ2n) is 11.7. The minimum atomic E-state index is -5.81. The van der Waals surface area contributed by atoms with Crippen LogP contribution in [0.3, 0.4) is 0 Å². The molecule has 8 nitrogen and oxygen atoms in total. The molecule has 2 amide bonds. The molecule has 0 aliphatic carbocycles. The third kappa shape index (κ3) is 8.99. The summed E-state index contributed by atoms with van der Waals surface area (Å²) < 4.78 is 110. The smallest absolute Gasteiger partial charge is 0.417 e. The van der Waals surface area contributed by atoms with Crippen LogP contribution in [0.2, 0.25) is 0 Å². The Hall–Kier alpha value is -6.96. The molecule has 0 spiro atoms. The fraction of sp³-hybridized carbons (Fsp3) is 0.0732. The van der Waals surface area contributed by atoms with Crippen LogP contribution in [0.1, 0.15) is 11.1 Å². The molecule has 0 saturated carbocycles. The highest BCUT2D eigenvalue weighted by atomic mass is 19.4. The standard InChI is InChI=1S/C41H28F6N2O6/c42-40(43,44)39(41(45,46)47,27-11-19-33(20-12-27)52-35-23-15-29(16-24-35)48-37(50)54-31-7-3-1-4-8-31)28-13-21-34(22-14-28)53-36-25-17-30(18-26-36)49-38(51)55-32-9-5-2-6-10-32/h1-26H,(H,48,50)(H,49,51). The second-order valence-corrected chi connectivity index (χ2v) is 11.7. The predicted molar refractivity (Wildman–Crippen MR) is 191 cm³/mol. The monoisotopic (exact) mass is 758 g/mol. The van der Waals surface area contributed by atoms with Crippen molar-refractivity contribution in [1.82, 2.24) is 0 Å². The first-order valence-electron chi connectivity index (χ1n) is 16.3. The highest BCUT2D eigenvalue weighted by molar-refractivity contribution is 5.87. The van der Waals surface area contributed by atoms with Crippen LogP contribution < -0.4 is 29.6 Å². The number of anilines is 2. The van der Waals surface area contributed by atoms with Gasteiger partial charge in [-0.3, -0.25) is 10.6 Å². The van der Waals surface area contributed by atoms with Gasteiger partial charge in [-0.25, -0.2) is 9.59 Å². The van der Waals surface area contributed by atoms with Crippen LogP contribution in [-0.4, -0.2) is 24.5 Å². The second kappa shape index (κ2) is 16.0. The van der Waals surface area contributed by atoms with Crippen molar-refractivity contribution in [3.8, 4) is 34.5 Å². The third-order valence-corrected chi connectivity index (χ3v) is 8.01. The van der Waals surface area contributed by atoms with E-state index in [-0.39, 0.29) is 23.0 Å². The van der Waals surface area contributed by atoms with Crippen LogP contribution in [0.4, 0.5) is 47.3 Å². The number of alkyl halides is 6. The lowest BCUT2D eigenvalue weighted by atomic mass is 9.73. The number of hydrogen-bond donors (Lipinski definition) is 2. The normalized spacial score (nSPS) is 11.6. The van der Waals surface area contributed by atoms with Crippen molar-refractivity contribution in [3.63, 3.8) is 0 Å². The highest BCUT2D eigenvalue weighted by Gasteiger charge is 2.72. The molecule has 280 valence electrons. The Morgan fingerprint density at radius 2 is 0.673 bits per heavy atom. The van der Waals surface area contributed by atoms with Crippen molar-refractivity contribution in [2.75, 3.05) is 10.6 Å². The highest BCUT2D eigenvalue weighted by Crippen LogP contribution is 2.56. The molecule has 6 rings (SSSR count). The molecular weight excluding hydrogens is 730 g/mol. The topological polar surface area (TPSA) is 95.1 Å². The molecule has 0 saturated heterocycles. The molecule has 0 heterocycles. The van der Waals surface area contributed by atoms with E-state index in [9.17, 15) is 35.9 Å². The van der Waals surface area contributed by atoms with Gasteiger partial charge in [0.25, 0.3) is 0 Å². The summed E-state index contributed by atoms with van der Waals surface area (Å²) in [7, 11) is 0. The molecule has 0 atom stereocenters. The fourth-order valence-corrected chi connectivity index (χ4v) is 5.49. The maximum absolute atomic E-state index is 14.8. The summed E-state index contributed by atoms with van der Waals surface area (Å²) in [5, 5.41) is 5.05. The summed E-state index contributed by atoms with van der Waals surface area (Å²) in [6.07, 6.45) is -13.1. The largest absolute Gasteiger partial charge is 0.457 e. The number of amides is 2. The maximum Gasteiger partial charge on any atom is 0.417 e. The first kappa shape index (κ1) is 37.8. The zero-order valence-electron chi connectivity index (χ0n) is 28.2. The SMILES string of the molecule is O=C(Nc1ccc(Oc2ccc(C(c3ccc(Oc4ccc(NC(=O)Oc5ccccc5)cc4)cc3)(C(F)(F)F)C(F)(F)F)cc2)cc1)Oc1ccccc1. The van der Waals surface area contributed by atoms with Gasteiger partial charge in [0.1, 0.15) is 34.5 Å². The molecule has 0 aliphatic heterocycles. The number of halogens is 6. The van der Waals surface area contributed by atoms with E-state index in [4.69, 9.17) is 18.9 Å². The van der Waals surface area contributed by atoms with Gasteiger partial charge in [0.2, 0.25) is 5.41 Å². The van der Waals surface area contributed by atoms with Gasteiger partial charge in [-0.05, 0) is 108 Å². The summed E-state index contributed by atoms with van der Waals surface area (Å²) >= 11 is 0. The van der Waals surface area contributed by atoms with Gasteiger partial charge in [-0.2, -0.15) is 26.3 Å². The Labute approximate surface area is 309 Å². The number of benzene rings is 6. The molecule has 0 aliphatic rings. The maximum atomic E-state index is 14.8. The Balaban J connectivity index is 1.14. The first-order chi connectivity index (χ1) is 26.3. The van der Waals surface area contributed by atoms with Crippen molar-refractivity contribution in [2.24, 2.45) is 0 Å². The first-order valence-corrected chi connectivity index (χ1v) is 16.3. The van der Waals surface area contributed by atoms with Gasteiger partial charge in [-0.1, -0.05) is 60.7 Å². The number of rotatable bonds is 10. The zero-order chi connectivity index (χ0) is 39.1. The minimum Gasteiger partial charge on any atom is -0.457 e. The summed E-state index contributed by atoms with van der Waals surface area (Å²) in [4.78, 5) is 24.3. The van der Waals surface area contributed by atoms with Crippen molar-refractivity contribution in [1.29, 1.82) is 0 Å². The van der Waals surface area contributed by atoms with Crippen LogP contribution in [-0.2, 0) is 5.41 Å². The number of carbonyl (C=O) groups is 2. The summed E-state index contributed by atoms with van der Waals surface area (Å²) in [5.41, 5.74) is -5.89. The van der Waals surface area contributed by atoms with Gasteiger partial charge in [0, 0.05) is 11.4 Å². The van der Waals surface area contributed by atoms with Gasteiger partial charge in [-0.15, -0.1) is 0 Å². The molecule has 0 aromatic heterocycles. The molecule has 0 radical (unpaired) electrons. The third-order valence-electron chi connectivity index (χ3n) is 8.01. The minimum absolute atomic E-state index is 0.0377. The Morgan fingerprint density at radius 1 is 0.382 bits per heavy atom. The Kier molecular flexibility index (Phi) is 11.0. The lowest BCUT2D eigenvalue weighted by Crippen LogP contribution is -2.54. The molecule has 0 unspecified atom stereocenters. The molecule has 6 aromatic carbocycles. The van der Waals surface area contributed by atoms with E-state index in [1.54, 1.807) is 60.7 Å². The van der Waals surface area contributed by atoms with Gasteiger partial charge < -0.3 is 18.9 Å². The predicted octanol–water partition coefficient (Wildman–Crippen LogP) is 11.9. The van der Waals surface area contributed by atoms with Crippen molar-refractivity contribution in [2.45, 2.75) is 17.8 Å². The van der Waals surface area contributed by atoms with Crippen LogP contribution >= 0.6 is 0 Å². The summed E-state index contributed by atoms with van der Waals surface area (Å²) in [5.74, 6) is 0.967. The molecule has 0 fully saturated rings. The van der Waals surface area contributed by atoms with E-state index < -0.39 is 41.1 Å². The fourth-order valence-electron chi connectivity index (χ4n) is 5.49. The Bertz CT molecular complexity index is 2040. The number of carbonyl (C=O) groups excluding carboxylic acids is 2. The van der Waals surface area contributed by atoms with Crippen molar-refractivity contribution < 1.29 is 54.9 Å². The van der Waals surface area contributed by atoms with Crippen LogP contribution in [0.5, 0.6) is 34.5 Å². The summed E-state index contributed by atoms with van der Waals surface area (Å²) in [6.45, 7) is 0. The number of para-hydroxylation sites is 2. The number of ether oxygens (including phenoxy) is 4. The van der Waals surface area contributed by atoms with E-state index in [1.165, 1.54) is 48.5 Å². The van der Waals surface area contributed by atoms with E-state index in [2.05, 4.69) is 10.6 Å². The molecule has 14 heteroatoms. The molecule has 55 heavy (non-hydrogen) atoms. The zero-order valence-corrected chi connectivity index (χ0v) is 28.2. The molecule has 2 N–H and O–H groups in total. The average molecular weight is 759 g/mol. The number of hydrogen-bond acceptors (Lipinski definition) is 6. The molecule has 6 aromatic rings.